The van der Waals surface area contributed by atoms with Gasteiger partial charge in [-0.25, -0.2) is 9.37 Å². The maximum absolute atomic E-state index is 14.3. The zero-order valence-electron chi connectivity index (χ0n) is 19.8. The number of likely N-dealkylation sites (tertiary alicyclic amines) is 1. The van der Waals surface area contributed by atoms with E-state index >= 15 is 0 Å². The van der Waals surface area contributed by atoms with Crippen molar-refractivity contribution < 1.29 is 22.3 Å². The third kappa shape index (κ3) is 5.74. The molecule has 0 aliphatic carbocycles. The molecule has 13 heteroatoms. The molecule has 1 aromatic carbocycles. The third-order valence-corrected chi connectivity index (χ3v) is 6.30. The van der Waals surface area contributed by atoms with Crippen LogP contribution in [0.4, 0.5) is 17.6 Å². The van der Waals surface area contributed by atoms with Crippen molar-refractivity contribution in [2.75, 3.05) is 33.4 Å². The fraction of sp³-hybridized carbons (Fsp3) is 0.375. The van der Waals surface area contributed by atoms with E-state index in [1.54, 1.807) is 19.2 Å². The summed E-state index contributed by atoms with van der Waals surface area (Å²) in [4.78, 5) is 6.05. The molecule has 3 aromatic heterocycles. The van der Waals surface area contributed by atoms with Gasteiger partial charge in [-0.15, -0.1) is 35.0 Å². The molecule has 1 aliphatic heterocycles. The van der Waals surface area contributed by atoms with E-state index in [0.29, 0.717) is 34.9 Å². The first-order valence-corrected chi connectivity index (χ1v) is 11.3. The number of nitrogens with one attached hydrogen (secondary N) is 1. The van der Waals surface area contributed by atoms with Crippen molar-refractivity contribution in [3.8, 4) is 17.3 Å². The molecule has 4 heterocycles. The average Bonchev–Trinajstić information content (AvgIpc) is 3.48. The molecule has 0 amide bonds. The first-order chi connectivity index (χ1) is 16.9. The van der Waals surface area contributed by atoms with E-state index in [0.717, 1.165) is 5.39 Å². The molecular formula is C24H26Cl2F4N6O. The molecule has 0 spiro atoms. The monoisotopic (exact) mass is 560 g/mol. The molecule has 0 bridgehead atoms. The highest BCUT2D eigenvalue weighted by Gasteiger charge is 2.46. The molecule has 1 fully saturated rings. The first kappa shape index (κ1) is 28.8. The molecule has 4 aromatic rings. The molecule has 200 valence electrons. The molecule has 1 saturated heterocycles. The van der Waals surface area contributed by atoms with Gasteiger partial charge in [0.25, 0.3) is 0 Å². The lowest BCUT2D eigenvalue weighted by atomic mass is 10.1. The summed E-state index contributed by atoms with van der Waals surface area (Å²) >= 11 is 0. The zero-order valence-corrected chi connectivity index (χ0v) is 21.4. The van der Waals surface area contributed by atoms with Crippen LogP contribution in [0.5, 0.6) is 5.75 Å². The zero-order chi connectivity index (χ0) is 24.6. The summed E-state index contributed by atoms with van der Waals surface area (Å²) in [6, 6.07) is 10.1. The highest BCUT2D eigenvalue weighted by molar-refractivity contribution is 5.86. The van der Waals surface area contributed by atoms with Gasteiger partial charge in [-0.05, 0) is 30.2 Å². The van der Waals surface area contributed by atoms with E-state index in [9.17, 15) is 17.6 Å². The van der Waals surface area contributed by atoms with Gasteiger partial charge in [0.05, 0.1) is 7.11 Å². The number of fused-ring (bicyclic) bond motifs is 2. The number of nitrogens with zero attached hydrogens (tertiary/aromatic N) is 5. The molecule has 0 radical (unpaired) electrons. The summed E-state index contributed by atoms with van der Waals surface area (Å²) < 4.78 is 62.2. The van der Waals surface area contributed by atoms with Crippen LogP contribution in [0.1, 0.15) is 18.0 Å². The van der Waals surface area contributed by atoms with E-state index in [4.69, 9.17) is 4.74 Å². The number of hydrogen-bond donors (Lipinski definition) is 1. The normalized spacial score (nSPS) is 16.9. The standard InChI is InChI=1S/C24H24F4N6O.2ClH/c1-35-19-4-2-3-15-5-7-18(30-21(15)19)23-32-31-20-8-6-16(13-34(20)23)22(24(26,27)28)33-12-9-17(14-33)29-11-10-25;;/h2-8,13,17,22,29H,9-12,14H2,1H3;2*1H/t17-,22+;;/m0../s1. The Morgan fingerprint density at radius 2 is 1.92 bits per heavy atom. The largest absolute Gasteiger partial charge is 0.494 e. The van der Waals surface area contributed by atoms with Crippen LogP contribution in [-0.2, 0) is 0 Å². The Hall–Kier alpha value is -2.73. The Morgan fingerprint density at radius 1 is 1.11 bits per heavy atom. The molecule has 1 aliphatic rings. The van der Waals surface area contributed by atoms with Gasteiger partial charge in [0.15, 0.2) is 11.5 Å². The van der Waals surface area contributed by atoms with Crippen LogP contribution < -0.4 is 10.1 Å². The maximum atomic E-state index is 14.3. The molecule has 5 rings (SSSR count). The van der Waals surface area contributed by atoms with Crippen molar-refractivity contribution in [1.82, 2.24) is 29.8 Å². The number of aromatic nitrogens is 4. The van der Waals surface area contributed by atoms with Gasteiger partial charge in [0.2, 0.25) is 0 Å². The summed E-state index contributed by atoms with van der Waals surface area (Å²) in [5.74, 6) is 0.917. The number of rotatable bonds is 7. The third-order valence-electron chi connectivity index (χ3n) is 6.30. The Labute approximate surface area is 223 Å². The highest BCUT2D eigenvalue weighted by atomic mass is 35.5. The van der Waals surface area contributed by atoms with Crippen LogP contribution in [0.2, 0.25) is 0 Å². The molecule has 37 heavy (non-hydrogen) atoms. The number of para-hydroxylation sites is 1. The van der Waals surface area contributed by atoms with E-state index in [1.807, 2.05) is 18.2 Å². The van der Waals surface area contributed by atoms with E-state index in [2.05, 4.69) is 20.5 Å². The van der Waals surface area contributed by atoms with Crippen LogP contribution in [0.25, 0.3) is 28.1 Å². The highest BCUT2D eigenvalue weighted by Crippen LogP contribution is 2.40. The van der Waals surface area contributed by atoms with Gasteiger partial charge in [-0.1, -0.05) is 24.3 Å². The lowest BCUT2D eigenvalue weighted by Crippen LogP contribution is -2.40. The summed E-state index contributed by atoms with van der Waals surface area (Å²) in [5.41, 5.74) is 1.58. The number of ether oxygens (including phenoxy) is 1. The SMILES string of the molecule is COc1cccc2ccc(-c3nnc4ccc([C@@H](N5CC[C@H](NCCF)C5)C(F)(F)F)cn34)nc12.Cl.Cl. The van der Waals surface area contributed by atoms with E-state index in [1.165, 1.54) is 27.6 Å². The lowest BCUT2D eigenvalue weighted by molar-refractivity contribution is -0.184. The topological polar surface area (TPSA) is 67.6 Å². The van der Waals surface area contributed by atoms with Gasteiger partial charge >= 0.3 is 6.18 Å². The predicted octanol–water partition coefficient (Wildman–Crippen LogP) is 5.03. The average molecular weight is 561 g/mol. The van der Waals surface area contributed by atoms with Crippen molar-refractivity contribution in [3.05, 3.63) is 54.2 Å². The number of methoxy groups -OCH3 is 1. The van der Waals surface area contributed by atoms with Gasteiger partial charge in [0, 0.05) is 37.3 Å². The van der Waals surface area contributed by atoms with Gasteiger partial charge in [0.1, 0.15) is 29.7 Å². The van der Waals surface area contributed by atoms with Crippen LogP contribution >= 0.6 is 24.8 Å². The van der Waals surface area contributed by atoms with Crippen LogP contribution in [0.3, 0.4) is 0 Å². The minimum absolute atomic E-state index is 0. The second-order valence-corrected chi connectivity index (χ2v) is 8.51. The van der Waals surface area contributed by atoms with Crippen LogP contribution in [-0.4, -0.2) is 70.1 Å². The predicted molar refractivity (Wildman–Crippen MR) is 138 cm³/mol. The fourth-order valence-corrected chi connectivity index (χ4v) is 4.71. The number of hydrogen-bond acceptors (Lipinski definition) is 6. The minimum Gasteiger partial charge on any atom is -0.494 e. The molecule has 1 N–H and O–H groups in total. The van der Waals surface area contributed by atoms with Gasteiger partial charge in [-0.3, -0.25) is 9.30 Å². The number of pyridine rings is 2. The van der Waals surface area contributed by atoms with Crippen molar-refractivity contribution in [1.29, 1.82) is 0 Å². The van der Waals surface area contributed by atoms with E-state index < -0.39 is 18.9 Å². The fourth-order valence-electron chi connectivity index (χ4n) is 4.71. The van der Waals surface area contributed by atoms with Crippen molar-refractivity contribution >= 4 is 41.4 Å². The van der Waals surface area contributed by atoms with Crippen LogP contribution in [0.15, 0.2) is 48.7 Å². The maximum Gasteiger partial charge on any atom is 0.408 e. The van der Waals surface area contributed by atoms with E-state index in [-0.39, 0.29) is 56.1 Å². The Kier molecular flexibility index (Phi) is 9.17. The molecule has 0 unspecified atom stereocenters. The lowest BCUT2D eigenvalue weighted by Gasteiger charge is -2.30. The van der Waals surface area contributed by atoms with Crippen molar-refractivity contribution in [3.63, 3.8) is 0 Å². The Balaban J connectivity index is 0.00000190. The number of halogens is 6. The second kappa shape index (κ2) is 11.8. The summed E-state index contributed by atoms with van der Waals surface area (Å²) in [7, 11) is 1.55. The molecule has 7 nitrogen and oxygen atoms in total. The summed E-state index contributed by atoms with van der Waals surface area (Å²) in [6.07, 6.45) is -2.54. The van der Waals surface area contributed by atoms with Gasteiger partial charge in [-0.2, -0.15) is 13.2 Å². The Bertz CT molecular complexity index is 1350. The van der Waals surface area contributed by atoms with Crippen molar-refractivity contribution in [2.45, 2.75) is 24.7 Å². The summed E-state index contributed by atoms with van der Waals surface area (Å²) in [6.45, 7) is 0.0201. The molecule has 2 atom stereocenters. The molecular weight excluding hydrogens is 535 g/mol. The Morgan fingerprint density at radius 3 is 2.65 bits per heavy atom. The minimum atomic E-state index is -4.49. The molecule has 0 saturated carbocycles. The number of alkyl halides is 4. The quantitative estimate of drug-likeness (QED) is 0.320. The smallest absolute Gasteiger partial charge is 0.408 e. The summed E-state index contributed by atoms with van der Waals surface area (Å²) in [5, 5.41) is 12.2. The second-order valence-electron chi connectivity index (χ2n) is 8.51. The first-order valence-electron chi connectivity index (χ1n) is 11.3. The van der Waals surface area contributed by atoms with Crippen LogP contribution in [0, 0.1) is 0 Å². The number of benzene rings is 1. The van der Waals surface area contributed by atoms with Gasteiger partial charge < -0.3 is 10.1 Å². The van der Waals surface area contributed by atoms with Crippen molar-refractivity contribution in [2.24, 2.45) is 0 Å².